The first kappa shape index (κ1) is 10.3. The molecule has 1 saturated carbocycles. The van der Waals surface area contributed by atoms with Gasteiger partial charge in [0, 0.05) is 0 Å². The molecule has 2 aliphatic carbocycles. The van der Waals surface area contributed by atoms with Crippen molar-refractivity contribution >= 4 is 0 Å². The molecular formula is C14H24. The van der Waals surface area contributed by atoms with Gasteiger partial charge in [0.25, 0.3) is 0 Å². The number of hydrogen-bond donors (Lipinski definition) is 0. The molecule has 0 amide bonds. The Kier molecular flexibility index (Phi) is 2.49. The monoisotopic (exact) mass is 192 g/mol. The molecule has 0 heterocycles. The van der Waals surface area contributed by atoms with Crippen LogP contribution in [0.4, 0.5) is 0 Å². The van der Waals surface area contributed by atoms with Gasteiger partial charge in [-0.3, -0.25) is 0 Å². The van der Waals surface area contributed by atoms with Crippen LogP contribution in [0.15, 0.2) is 11.6 Å². The third-order valence-corrected chi connectivity index (χ3v) is 5.05. The van der Waals surface area contributed by atoms with E-state index < -0.39 is 0 Å². The van der Waals surface area contributed by atoms with E-state index in [1.54, 1.807) is 5.57 Å². The summed E-state index contributed by atoms with van der Waals surface area (Å²) in [5.41, 5.74) is 2.33. The van der Waals surface area contributed by atoms with Gasteiger partial charge in [-0.05, 0) is 48.9 Å². The fourth-order valence-electron chi connectivity index (χ4n) is 3.41. The molecule has 0 aliphatic heterocycles. The number of rotatable bonds is 0. The second-order valence-electron chi connectivity index (χ2n) is 6.00. The summed E-state index contributed by atoms with van der Waals surface area (Å²) in [6.45, 7) is 9.79. The molecule has 0 aromatic rings. The maximum absolute atomic E-state index is 2.56. The molecule has 2 rings (SSSR count). The van der Waals surface area contributed by atoms with Crippen LogP contribution >= 0.6 is 0 Å². The average Bonchev–Trinajstić information content (AvgIpc) is 2.16. The second-order valence-corrected chi connectivity index (χ2v) is 6.00. The van der Waals surface area contributed by atoms with Crippen molar-refractivity contribution in [3.05, 3.63) is 11.6 Å². The van der Waals surface area contributed by atoms with E-state index in [4.69, 9.17) is 0 Å². The average molecular weight is 192 g/mol. The minimum absolute atomic E-state index is 0.546. The van der Waals surface area contributed by atoms with Gasteiger partial charge in [0.15, 0.2) is 0 Å². The second kappa shape index (κ2) is 3.40. The molecule has 14 heavy (non-hydrogen) atoms. The summed E-state index contributed by atoms with van der Waals surface area (Å²) in [4.78, 5) is 0. The van der Waals surface area contributed by atoms with Crippen molar-refractivity contribution in [2.45, 2.75) is 53.4 Å². The van der Waals surface area contributed by atoms with Gasteiger partial charge in [-0.1, -0.05) is 39.3 Å². The standard InChI is InChI=1S/C14H24/c1-10-7-8-14(4)12(3)11(2)5-6-13(14)9-10/h6,10-12H,5,7-9H2,1-4H3/t10-,11?,12-,14+/m0/s1. The summed E-state index contributed by atoms with van der Waals surface area (Å²) in [5.74, 6) is 2.70. The molecule has 0 aromatic carbocycles. The van der Waals surface area contributed by atoms with E-state index in [0.717, 1.165) is 17.8 Å². The molecule has 0 radical (unpaired) electrons. The molecule has 80 valence electrons. The predicted octanol–water partition coefficient (Wildman–Crippen LogP) is 4.42. The summed E-state index contributed by atoms with van der Waals surface area (Å²) in [5, 5.41) is 0. The molecule has 0 N–H and O–H groups in total. The lowest BCUT2D eigenvalue weighted by molar-refractivity contribution is 0.117. The van der Waals surface area contributed by atoms with Gasteiger partial charge in [0.2, 0.25) is 0 Å². The number of allylic oxidation sites excluding steroid dienone is 2. The number of hydrogen-bond acceptors (Lipinski definition) is 0. The minimum Gasteiger partial charge on any atom is -0.0845 e. The van der Waals surface area contributed by atoms with Crippen molar-refractivity contribution in [3.8, 4) is 0 Å². The fraction of sp³-hybridized carbons (Fsp3) is 0.857. The van der Waals surface area contributed by atoms with Crippen molar-refractivity contribution in [1.29, 1.82) is 0 Å². The van der Waals surface area contributed by atoms with Gasteiger partial charge in [-0.2, -0.15) is 0 Å². The zero-order valence-electron chi connectivity index (χ0n) is 10.1. The SMILES string of the molecule is CC1CC=C2C[C@@H](C)CC[C@]2(C)[C@H]1C. The topological polar surface area (TPSA) is 0 Å². The van der Waals surface area contributed by atoms with E-state index in [2.05, 4.69) is 33.8 Å². The first-order valence-corrected chi connectivity index (χ1v) is 6.23. The van der Waals surface area contributed by atoms with Crippen LogP contribution in [0, 0.1) is 23.2 Å². The lowest BCUT2D eigenvalue weighted by atomic mass is 9.57. The van der Waals surface area contributed by atoms with Crippen molar-refractivity contribution in [2.75, 3.05) is 0 Å². The quantitative estimate of drug-likeness (QED) is 0.499. The largest absolute Gasteiger partial charge is 0.0845 e. The lowest BCUT2D eigenvalue weighted by Gasteiger charge is -2.48. The Morgan fingerprint density at radius 2 is 2.00 bits per heavy atom. The fourth-order valence-corrected chi connectivity index (χ4v) is 3.41. The highest BCUT2D eigenvalue weighted by molar-refractivity contribution is 5.21. The van der Waals surface area contributed by atoms with Crippen LogP contribution in [0.2, 0.25) is 0 Å². The highest BCUT2D eigenvalue weighted by atomic mass is 14.5. The third kappa shape index (κ3) is 1.43. The zero-order valence-corrected chi connectivity index (χ0v) is 10.1. The molecule has 0 heteroatoms. The molecular weight excluding hydrogens is 168 g/mol. The van der Waals surface area contributed by atoms with Gasteiger partial charge in [-0.15, -0.1) is 0 Å². The van der Waals surface area contributed by atoms with Crippen molar-refractivity contribution < 1.29 is 0 Å². The van der Waals surface area contributed by atoms with E-state index in [1.165, 1.54) is 25.7 Å². The molecule has 4 atom stereocenters. The van der Waals surface area contributed by atoms with Gasteiger partial charge < -0.3 is 0 Å². The molecule has 1 fully saturated rings. The van der Waals surface area contributed by atoms with Gasteiger partial charge in [0.05, 0.1) is 0 Å². The smallest absolute Gasteiger partial charge is 0.00879 e. The zero-order chi connectivity index (χ0) is 10.3. The summed E-state index contributed by atoms with van der Waals surface area (Å²) < 4.78 is 0. The molecule has 0 spiro atoms. The van der Waals surface area contributed by atoms with Crippen LogP contribution in [-0.2, 0) is 0 Å². The van der Waals surface area contributed by atoms with E-state index in [9.17, 15) is 0 Å². The van der Waals surface area contributed by atoms with Crippen molar-refractivity contribution in [1.82, 2.24) is 0 Å². The maximum Gasteiger partial charge on any atom is -0.00879 e. The predicted molar refractivity (Wildman–Crippen MR) is 62.2 cm³/mol. The van der Waals surface area contributed by atoms with E-state index in [0.29, 0.717) is 5.41 Å². The third-order valence-electron chi connectivity index (χ3n) is 5.05. The number of fused-ring (bicyclic) bond motifs is 1. The highest BCUT2D eigenvalue weighted by Gasteiger charge is 2.42. The van der Waals surface area contributed by atoms with Crippen LogP contribution in [-0.4, -0.2) is 0 Å². The normalized spacial score (nSPS) is 48.3. The van der Waals surface area contributed by atoms with E-state index in [-0.39, 0.29) is 0 Å². The first-order chi connectivity index (χ1) is 6.54. The molecule has 1 unspecified atom stereocenters. The lowest BCUT2D eigenvalue weighted by Crippen LogP contribution is -2.38. The Morgan fingerprint density at radius 1 is 1.29 bits per heavy atom. The summed E-state index contributed by atoms with van der Waals surface area (Å²) in [6.07, 6.45) is 8.10. The Balaban J connectivity index is 2.28. The van der Waals surface area contributed by atoms with Crippen LogP contribution in [0.25, 0.3) is 0 Å². The van der Waals surface area contributed by atoms with Crippen LogP contribution < -0.4 is 0 Å². The van der Waals surface area contributed by atoms with Crippen LogP contribution in [0.5, 0.6) is 0 Å². The molecule has 0 aromatic heterocycles. The van der Waals surface area contributed by atoms with Crippen LogP contribution in [0.1, 0.15) is 53.4 Å². The Bertz CT molecular complexity index is 251. The molecule has 0 nitrogen and oxygen atoms in total. The van der Waals surface area contributed by atoms with Crippen molar-refractivity contribution in [3.63, 3.8) is 0 Å². The minimum atomic E-state index is 0.546. The Hall–Kier alpha value is -0.260. The molecule has 2 aliphatic rings. The summed E-state index contributed by atoms with van der Waals surface area (Å²) in [6, 6.07) is 0. The maximum atomic E-state index is 2.56. The summed E-state index contributed by atoms with van der Waals surface area (Å²) >= 11 is 0. The van der Waals surface area contributed by atoms with Gasteiger partial charge in [0.1, 0.15) is 0 Å². The van der Waals surface area contributed by atoms with E-state index in [1.807, 2.05) is 0 Å². The Morgan fingerprint density at radius 3 is 2.71 bits per heavy atom. The molecule has 0 bridgehead atoms. The van der Waals surface area contributed by atoms with Crippen LogP contribution in [0.3, 0.4) is 0 Å². The summed E-state index contributed by atoms with van der Waals surface area (Å²) in [7, 11) is 0. The molecule has 0 saturated heterocycles. The van der Waals surface area contributed by atoms with E-state index >= 15 is 0 Å². The first-order valence-electron chi connectivity index (χ1n) is 6.23. The highest BCUT2D eigenvalue weighted by Crippen LogP contribution is 2.53. The van der Waals surface area contributed by atoms with Gasteiger partial charge >= 0.3 is 0 Å². The van der Waals surface area contributed by atoms with Gasteiger partial charge in [-0.25, -0.2) is 0 Å². The Labute approximate surface area is 88.8 Å². The van der Waals surface area contributed by atoms with Crippen molar-refractivity contribution in [2.24, 2.45) is 23.2 Å².